The Labute approximate surface area is 537 Å². The third-order valence-corrected chi connectivity index (χ3v) is 18.2. The molecule has 0 spiro atoms. The smallest absolute Gasteiger partial charge is 0.220 e. The van der Waals surface area contributed by atoms with Crippen LogP contribution in [0.1, 0.15) is 284 Å². The first kappa shape index (κ1) is 81.5. The van der Waals surface area contributed by atoms with Crippen molar-refractivity contribution in [2.24, 2.45) is 0 Å². The highest BCUT2D eigenvalue weighted by molar-refractivity contribution is 5.76. The zero-order chi connectivity index (χ0) is 64.7. The van der Waals surface area contributed by atoms with E-state index in [9.17, 15) is 61.0 Å². The molecule has 3 heterocycles. The summed E-state index contributed by atoms with van der Waals surface area (Å²) in [6.07, 6.45) is 33.2. The molecular formula is C70H131NO18. The molecule has 0 bridgehead atoms. The quantitative estimate of drug-likeness (QED) is 0.0199. The van der Waals surface area contributed by atoms with Crippen LogP contribution in [0.5, 0.6) is 0 Å². The summed E-state index contributed by atoms with van der Waals surface area (Å²) < 4.78 is 34.3. The summed E-state index contributed by atoms with van der Waals surface area (Å²) in [5.74, 6) is -0.282. The third-order valence-electron chi connectivity index (χ3n) is 18.2. The van der Waals surface area contributed by atoms with Gasteiger partial charge in [-0.15, -0.1) is 0 Å². The van der Waals surface area contributed by atoms with Gasteiger partial charge in [-0.3, -0.25) is 4.79 Å². The average molecular weight is 1270 g/mol. The van der Waals surface area contributed by atoms with Crippen LogP contribution in [0.2, 0.25) is 0 Å². The average Bonchev–Trinajstić information content (AvgIpc) is 2.35. The van der Waals surface area contributed by atoms with Crippen LogP contribution < -0.4 is 5.32 Å². The fourth-order valence-electron chi connectivity index (χ4n) is 12.4. The van der Waals surface area contributed by atoms with Crippen molar-refractivity contribution in [3.05, 3.63) is 24.3 Å². The molecule has 0 saturated carbocycles. The lowest BCUT2D eigenvalue weighted by molar-refractivity contribution is -0.379. The molecule has 0 radical (unpaired) electrons. The van der Waals surface area contributed by atoms with Gasteiger partial charge in [-0.05, 0) is 44.9 Å². The van der Waals surface area contributed by atoms with Gasteiger partial charge >= 0.3 is 0 Å². The van der Waals surface area contributed by atoms with Crippen molar-refractivity contribution >= 4 is 5.91 Å². The number of aliphatic hydroxyl groups excluding tert-OH is 11. The molecule has 17 unspecified atom stereocenters. The number of allylic oxidation sites excluding steroid dienone is 3. The number of unbranched alkanes of at least 4 members (excludes halogenated alkanes) is 38. The molecule has 19 heteroatoms. The topological polar surface area (TPSA) is 307 Å². The fraction of sp³-hybridized carbons (Fsp3) is 0.929. The van der Waals surface area contributed by atoms with Gasteiger partial charge in [0.1, 0.15) is 73.2 Å². The van der Waals surface area contributed by atoms with E-state index in [1.165, 1.54) is 193 Å². The van der Waals surface area contributed by atoms with E-state index in [1.54, 1.807) is 6.08 Å². The molecule has 0 aliphatic carbocycles. The van der Waals surface area contributed by atoms with E-state index < -0.39 is 124 Å². The summed E-state index contributed by atoms with van der Waals surface area (Å²) >= 11 is 0. The molecule has 0 aromatic carbocycles. The minimum absolute atomic E-state index is 0.235. The second-order valence-corrected chi connectivity index (χ2v) is 26.1. The highest BCUT2D eigenvalue weighted by Gasteiger charge is 2.53. The molecule has 89 heavy (non-hydrogen) atoms. The van der Waals surface area contributed by atoms with E-state index in [1.807, 2.05) is 6.08 Å². The van der Waals surface area contributed by atoms with Gasteiger partial charge in [-0.1, -0.05) is 256 Å². The number of aliphatic hydroxyl groups is 11. The summed E-state index contributed by atoms with van der Waals surface area (Å²) in [6, 6.07) is -0.976. The van der Waals surface area contributed by atoms with Crippen LogP contribution in [0.3, 0.4) is 0 Å². The molecule has 12 N–H and O–H groups in total. The number of rotatable bonds is 56. The molecule has 1 amide bonds. The SMILES string of the molecule is CCCCCCC/C=C\CCCCCCCC(=O)NC(COC1OC(CO)C(OC2OC(CO)C(OC3OC(CO)C(O)C(O)C3O)C(O)C2O)C(O)C1O)C(O)/C=C/CCCCCCCCCCCCCCCCCCCCCCCCCCCCCC. The molecule has 19 nitrogen and oxygen atoms in total. The van der Waals surface area contributed by atoms with Crippen molar-refractivity contribution in [1.29, 1.82) is 0 Å². The Hall–Kier alpha value is -1.73. The Kier molecular flexibility index (Phi) is 48.1. The number of carbonyl (C=O) groups excluding carboxylic acids is 1. The van der Waals surface area contributed by atoms with Crippen LogP contribution in [0.4, 0.5) is 0 Å². The number of ether oxygens (including phenoxy) is 6. The lowest BCUT2D eigenvalue weighted by Crippen LogP contribution is -2.66. The maximum absolute atomic E-state index is 13.4. The number of carbonyl (C=O) groups is 1. The molecule has 0 aromatic rings. The minimum atomic E-state index is -1.98. The summed E-state index contributed by atoms with van der Waals surface area (Å²) in [6.45, 7) is 1.74. The first-order chi connectivity index (χ1) is 43.3. The van der Waals surface area contributed by atoms with Crippen LogP contribution in [0.15, 0.2) is 24.3 Å². The van der Waals surface area contributed by atoms with Crippen molar-refractivity contribution in [1.82, 2.24) is 5.32 Å². The Morgan fingerprint density at radius 1 is 0.393 bits per heavy atom. The Morgan fingerprint density at radius 2 is 0.708 bits per heavy atom. The van der Waals surface area contributed by atoms with Crippen molar-refractivity contribution in [2.75, 3.05) is 26.4 Å². The van der Waals surface area contributed by atoms with E-state index in [0.29, 0.717) is 6.42 Å². The highest BCUT2D eigenvalue weighted by Crippen LogP contribution is 2.33. The molecule has 3 rings (SSSR count). The largest absolute Gasteiger partial charge is 0.394 e. The van der Waals surface area contributed by atoms with Crippen LogP contribution in [-0.2, 0) is 33.2 Å². The number of hydrogen-bond acceptors (Lipinski definition) is 18. The Balaban J connectivity index is 1.39. The van der Waals surface area contributed by atoms with E-state index in [0.717, 1.165) is 64.2 Å². The zero-order valence-electron chi connectivity index (χ0n) is 55.4. The van der Waals surface area contributed by atoms with Gasteiger partial charge < -0.3 is 89.9 Å². The van der Waals surface area contributed by atoms with E-state index in [-0.39, 0.29) is 18.9 Å². The first-order valence-electron chi connectivity index (χ1n) is 36.1. The van der Waals surface area contributed by atoms with Crippen molar-refractivity contribution in [2.45, 2.75) is 388 Å². The van der Waals surface area contributed by atoms with Crippen LogP contribution in [0.25, 0.3) is 0 Å². The highest BCUT2D eigenvalue weighted by atomic mass is 16.8. The van der Waals surface area contributed by atoms with Crippen LogP contribution in [-0.4, -0.2) is 193 Å². The first-order valence-corrected chi connectivity index (χ1v) is 36.1. The standard InChI is InChI=1S/C70H131NO18/c1-3-5-7-9-11-13-15-17-19-20-21-22-23-24-25-26-27-28-29-30-31-32-33-34-35-37-39-41-43-45-47-54(75)53(71-58(76)48-46-44-42-40-38-36-18-16-14-12-10-8-6-4-2)52-84-68-64(82)61(79)66(56(50-73)86-68)89-70-65(83)62(80)67(57(51-74)87-70)88-69-63(81)60(78)59(77)55(49-72)85-69/h16,18,45,47,53-57,59-70,72-75,77-83H,3-15,17,19-44,46,48-52H2,1-2H3,(H,71,76)/b18-16-,47-45+. The summed E-state index contributed by atoms with van der Waals surface area (Å²) in [5, 5.41) is 120. The van der Waals surface area contributed by atoms with Gasteiger partial charge in [-0.25, -0.2) is 0 Å². The molecule has 3 saturated heterocycles. The second-order valence-electron chi connectivity index (χ2n) is 26.1. The van der Waals surface area contributed by atoms with Crippen molar-refractivity contribution < 1.29 is 89.4 Å². The fourth-order valence-corrected chi connectivity index (χ4v) is 12.4. The molecule has 3 fully saturated rings. The van der Waals surface area contributed by atoms with Gasteiger partial charge in [0, 0.05) is 6.42 Å². The number of hydrogen-bond donors (Lipinski definition) is 12. The molecule has 3 aliphatic rings. The van der Waals surface area contributed by atoms with Crippen LogP contribution >= 0.6 is 0 Å². The summed E-state index contributed by atoms with van der Waals surface area (Å²) in [7, 11) is 0. The lowest BCUT2D eigenvalue weighted by Gasteiger charge is -2.48. The van der Waals surface area contributed by atoms with Crippen LogP contribution in [0, 0.1) is 0 Å². The van der Waals surface area contributed by atoms with E-state index >= 15 is 0 Å². The normalized spacial score (nSPS) is 28.3. The van der Waals surface area contributed by atoms with Gasteiger partial charge in [-0.2, -0.15) is 0 Å². The maximum Gasteiger partial charge on any atom is 0.220 e. The maximum atomic E-state index is 13.4. The minimum Gasteiger partial charge on any atom is -0.394 e. The summed E-state index contributed by atoms with van der Waals surface area (Å²) in [5.41, 5.74) is 0. The van der Waals surface area contributed by atoms with Gasteiger partial charge in [0.2, 0.25) is 5.91 Å². The molecule has 3 aliphatic heterocycles. The van der Waals surface area contributed by atoms with E-state index in [2.05, 4.69) is 31.3 Å². The van der Waals surface area contributed by atoms with Crippen molar-refractivity contribution in [3.63, 3.8) is 0 Å². The zero-order valence-corrected chi connectivity index (χ0v) is 55.4. The second kappa shape index (κ2) is 52.5. The number of amides is 1. The Bertz CT molecular complexity index is 1710. The van der Waals surface area contributed by atoms with Crippen molar-refractivity contribution in [3.8, 4) is 0 Å². The van der Waals surface area contributed by atoms with Gasteiger partial charge in [0.25, 0.3) is 0 Å². The van der Waals surface area contributed by atoms with Gasteiger partial charge in [0.05, 0.1) is 38.6 Å². The Morgan fingerprint density at radius 3 is 1.09 bits per heavy atom. The molecule has 17 atom stereocenters. The predicted octanol–water partition coefficient (Wildman–Crippen LogP) is 9.83. The monoisotopic (exact) mass is 1270 g/mol. The number of nitrogens with one attached hydrogen (secondary N) is 1. The van der Waals surface area contributed by atoms with E-state index in [4.69, 9.17) is 28.4 Å². The molecular weight excluding hydrogens is 1140 g/mol. The molecule has 524 valence electrons. The molecule has 0 aromatic heterocycles. The third kappa shape index (κ3) is 34.5. The predicted molar refractivity (Wildman–Crippen MR) is 346 cm³/mol. The summed E-state index contributed by atoms with van der Waals surface area (Å²) in [4.78, 5) is 13.4. The van der Waals surface area contributed by atoms with Gasteiger partial charge in [0.15, 0.2) is 18.9 Å². The lowest BCUT2D eigenvalue weighted by atomic mass is 9.96.